The lowest BCUT2D eigenvalue weighted by Crippen LogP contribution is -2.28. The summed E-state index contributed by atoms with van der Waals surface area (Å²) >= 11 is 0. The second-order valence-corrected chi connectivity index (χ2v) is 6.67. The lowest BCUT2D eigenvalue weighted by atomic mass is 10.0. The number of fused-ring (bicyclic) bond motifs is 1. The van der Waals surface area contributed by atoms with Gasteiger partial charge in [0, 0.05) is 5.56 Å². The molecule has 0 radical (unpaired) electrons. The lowest BCUT2D eigenvalue weighted by Gasteiger charge is -2.18. The van der Waals surface area contributed by atoms with Gasteiger partial charge >= 0.3 is 0 Å². The van der Waals surface area contributed by atoms with E-state index in [-0.39, 0.29) is 17.3 Å². The Morgan fingerprint density at radius 3 is 2.76 bits per heavy atom. The summed E-state index contributed by atoms with van der Waals surface area (Å²) in [6, 6.07) is 9.90. The zero-order chi connectivity index (χ0) is 15.1. The second-order valence-electron chi connectivity index (χ2n) is 5.02. The maximum absolute atomic E-state index is 11.9. The summed E-state index contributed by atoms with van der Waals surface area (Å²) in [5, 5.41) is 10.3. The number of hydrogen-bond acceptors (Lipinski definition) is 5. The highest BCUT2D eigenvalue weighted by atomic mass is 32.2. The van der Waals surface area contributed by atoms with Crippen LogP contribution in [0, 0.1) is 0 Å². The van der Waals surface area contributed by atoms with Crippen LogP contribution in [0.25, 0.3) is 0 Å². The molecule has 1 aliphatic heterocycles. The Kier molecular flexibility index (Phi) is 3.11. The van der Waals surface area contributed by atoms with Crippen molar-refractivity contribution in [1.82, 2.24) is 4.72 Å². The van der Waals surface area contributed by atoms with Gasteiger partial charge in [-0.15, -0.1) is 0 Å². The van der Waals surface area contributed by atoms with Gasteiger partial charge in [0.1, 0.15) is 17.2 Å². The molecule has 6 nitrogen and oxygen atoms in total. The third-order valence-corrected chi connectivity index (χ3v) is 4.66. The molecule has 0 bridgehead atoms. The van der Waals surface area contributed by atoms with Crippen molar-refractivity contribution in [3.8, 4) is 0 Å². The number of rotatable bonds is 3. The van der Waals surface area contributed by atoms with Crippen LogP contribution in [0.2, 0.25) is 0 Å². The lowest BCUT2D eigenvalue weighted by molar-refractivity contribution is 0.0438. The predicted octanol–water partition coefficient (Wildman–Crippen LogP) is 1.23. The third kappa shape index (κ3) is 2.45. The van der Waals surface area contributed by atoms with E-state index in [4.69, 9.17) is 4.42 Å². The minimum absolute atomic E-state index is 0.0211. The van der Waals surface area contributed by atoms with Crippen molar-refractivity contribution in [1.29, 1.82) is 0 Å². The van der Waals surface area contributed by atoms with Crippen molar-refractivity contribution < 1.29 is 17.9 Å². The Morgan fingerprint density at radius 2 is 2.05 bits per heavy atom. The molecule has 3 rings (SSSR count). The maximum atomic E-state index is 11.9. The van der Waals surface area contributed by atoms with E-state index in [1.807, 2.05) is 0 Å². The number of nitrogens with zero attached hydrogens (tertiary/aromatic N) is 1. The van der Waals surface area contributed by atoms with Crippen molar-refractivity contribution in [2.75, 3.05) is 6.54 Å². The standard InChI is InChI=1S/C14H14N2O4S/c1-14(17,12-7-4-8-20-12)9-15-13-10-5-2-3-6-11(10)21(18,19)16-13/h2-8,17H,9H2,1H3,(H,15,16). The van der Waals surface area contributed by atoms with Gasteiger partial charge in [-0.05, 0) is 31.2 Å². The van der Waals surface area contributed by atoms with E-state index in [1.54, 1.807) is 37.3 Å². The molecule has 7 heteroatoms. The molecule has 1 unspecified atom stereocenters. The highest BCUT2D eigenvalue weighted by molar-refractivity contribution is 7.90. The first-order valence-electron chi connectivity index (χ1n) is 6.33. The molecule has 2 heterocycles. The summed E-state index contributed by atoms with van der Waals surface area (Å²) < 4.78 is 31.4. The Balaban J connectivity index is 1.93. The molecule has 0 spiro atoms. The summed E-state index contributed by atoms with van der Waals surface area (Å²) in [6.45, 7) is 1.54. The Morgan fingerprint density at radius 1 is 1.29 bits per heavy atom. The van der Waals surface area contributed by atoms with Crippen LogP contribution >= 0.6 is 0 Å². The number of benzene rings is 1. The Hall–Kier alpha value is -2.12. The van der Waals surface area contributed by atoms with Gasteiger partial charge in [-0.1, -0.05) is 12.1 Å². The van der Waals surface area contributed by atoms with Gasteiger partial charge in [0.25, 0.3) is 10.0 Å². The number of nitrogens with one attached hydrogen (secondary N) is 1. The molecule has 1 atom stereocenters. The van der Waals surface area contributed by atoms with E-state index in [1.165, 1.54) is 12.3 Å². The summed E-state index contributed by atoms with van der Waals surface area (Å²) in [5.74, 6) is 0.610. The zero-order valence-electron chi connectivity index (χ0n) is 11.3. The minimum Gasteiger partial charge on any atom is -0.466 e. The predicted molar refractivity (Wildman–Crippen MR) is 76.4 cm³/mol. The minimum atomic E-state index is -3.56. The number of sulfonamides is 1. The maximum Gasteiger partial charge on any atom is 0.263 e. The van der Waals surface area contributed by atoms with E-state index in [9.17, 15) is 13.5 Å². The van der Waals surface area contributed by atoms with E-state index in [0.29, 0.717) is 11.3 Å². The van der Waals surface area contributed by atoms with E-state index in [0.717, 1.165) is 0 Å². The summed E-state index contributed by atoms with van der Waals surface area (Å²) in [6.07, 6.45) is 1.46. The molecule has 0 fully saturated rings. The van der Waals surface area contributed by atoms with Gasteiger partial charge in [0.05, 0.1) is 17.7 Å². The fourth-order valence-electron chi connectivity index (χ4n) is 2.15. The van der Waals surface area contributed by atoms with Gasteiger partial charge in [0.2, 0.25) is 0 Å². The molecule has 0 saturated carbocycles. The first-order chi connectivity index (χ1) is 9.90. The normalized spacial score (nSPS) is 20.8. The highest BCUT2D eigenvalue weighted by Gasteiger charge is 2.32. The second kappa shape index (κ2) is 4.71. The zero-order valence-corrected chi connectivity index (χ0v) is 12.1. The van der Waals surface area contributed by atoms with Gasteiger partial charge in [-0.25, -0.2) is 8.42 Å². The fraction of sp³-hybridized carbons (Fsp3) is 0.214. The smallest absolute Gasteiger partial charge is 0.263 e. The first kappa shape index (κ1) is 13.8. The quantitative estimate of drug-likeness (QED) is 0.892. The number of hydrogen-bond donors (Lipinski definition) is 2. The first-order valence-corrected chi connectivity index (χ1v) is 7.81. The number of aliphatic hydroxyl groups is 1. The molecular weight excluding hydrogens is 292 g/mol. The summed E-state index contributed by atoms with van der Waals surface area (Å²) in [4.78, 5) is 4.40. The fourth-order valence-corrected chi connectivity index (χ4v) is 3.40. The molecule has 0 saturated heterocycles. The molecule has 1 aromatic heterocycles. The van der Waals surface area contributed by atoms with Crippen LogP contribution in [-0.2, 0) is 15.6 Å². The van der Waals surface area contributed by atoms with Crippen molar-refractivity contribution in [3.05, 3.63) is 54.0 Å². The third-order valence-electron chi connectivity index (χ3n) is 3.26. The Bertz CT molecular complexity index is 792. The van der Waals surface area contributed by atoms with Gasteiger partial charge in [-0.2, -0.15) is 0 Å². The van der Waals surface area contributed by atoms with Crippen molar-refractivity contribution in [2.24, 2.45) is 4.99 Å². The van der Waals surface area contributed by atoms with Crippen LogP contribution in [0.3, 0.4) is 0 Å². The molecule has 2 N–H and O–H groups in total. The average molecular weight is 306 g/mol. The highest BCUT2D eigenvalue weighted by Crippen LogP contribution is 2.25. The van der Waals surface area contributed by atoms with Crippen molar-refractivity contribution in [3.63, 3.8) is 0 Å². The van der Waals surface area contributed by atoms with E-state index in [2.05, 4.69) is 9.71 Å². The molecule has 2 aromatic rings. The number of aliphatic imine (C=N–C) groups is 1. The number of furan rings is 1. The Labute approximate surface area is 122 Å². The molecule has 21 heavy (non-hydrogen) atoms. The molecule has 0 amide bonds. The molecule has 1 aromatic carbocycles. The average Bonchev–Trinajstić information content (AvgIpc) is 3.05. The van der Waals surface area contributed by atoms with Crippen molar-refractivity contribution in [2.45, 2.75) is 17.4 Å². The van der Waals surface area contributed by atoms with Crippen molar-refractivity contribution >= 4 is 15.9 Å². The van der Waals surface area contributed by atoms with Crippen LogP contribution in [0.1, 0.15) is 18.2 Å². The van der Waals surface area contributed by atoms with E-state index < -0.39 is 15.6 Å². The number of amidine groups is 1. The van der Waals surface area contributed by atoms with Crippen LogP contribution < -0.4 is 4.72 Å². The largest absolute Gasteiger partial charge is 0.466 e. The van der Waals surface area contributed by atoms with E-state index >= 15 is 0 Å². The summed E-state index contributed by atoms with van der Waals surface area (Å²) in [5.41, 5.74) is -0.799. The van der Waals surface area contributed by atoms with Gasteiger partial charge in [-0.3, -0.25) is 9.71 Å². The monoisotopic (exact) mass is 306 g/mol. The van der Waals surface area contributed by atoms with Crippen LogP contribution in [-0.4, -0.2) is 25.9 Å². The topological polar surface area (TPSA) is 91.9 Å². The van der Waals surface area contributed by atoms with Gasteiger partial charge < -0.3 is 9.52 Å². The van der Waals surface area contributed by atoms with Crippen LogP contribution in [0.5, 0.6) is 0 Å². The summed E-state index contributed by atoms with van der Waals surface area (Å²) in [7, 11) is -3.56. The molecular formula is C14H14N2O4S. The van der Waals surface area contributed by atoms with Gasteiger partial charge in [0.15, 0.2) is 0 Å². The molecule has 1 aliphatic rings. The molecule has 110 valence electrons. The van der Waals surface area contributed by atoms with Crippen LogP contribution in [0.4, 0.5) is 0 Å². The molecule has 0 aliphatic carbocycles. The van der Waals surface area contributed by atoms with Crippen LogP contribution in [0.15, 0.2) is 57.0 Å². The SMILES string of the molecule is CC(O)(CN=C1NS(=O)(=O)c2ccccc21)c1ccco1.